The van der Waals surface area contributed by atoms with Crippen molar-refractivity contribution in [3.63, 3.8) is 0 Å². The fourth-order valence-corrected chi connectivity index (χ4v) is 2.65. The zero-order valence-electron chi connectivity index (χ0n) is 10.8. The van der Waals surface area contributed by atoms with Crippen LogP contribution in [0.15, 0.2) is 36.4 Å². The van der Waals surface area contributed by atoms with Crippen molar-refractivity contribution in [3.05, 3.63) is 62.6 Å². The third-order valence-corrected chi connectivity index (χ3v) is 3.80. The lowest BCUT2D eigenvalue weighted by atomic mass is 10.1. The highest BCUT2D eigenvalue weighted by Crippen LogP contribution is 2.31. The Kier molecular flexibility index (Phi) is 5.17. The summed E-state index contributed by atoms with van der Waals surface area (Å²) in [5, 5.41) is 14.7. The van der Waals surface area contributed by atoms with Crippen LogP contribution in [0.5, 0.6) is 5.75 Å². The van der Waals surface area contributed by atoms with E-state index in [-0.39, 0.29) is 16.8 Å². The van der Waals surface area contributed by atoms with Gasteiger partial charge in [0.2, 0.25) is 0 Å². The molecule has 0 aliphatic heterocycles. The van der Waals surface area contributed by atoms with Crippen molar-refractivity contribution >= 4 is 34.8 Å². The minimum atomic E-state index is 0.0573. The molecule has 0 bridgehead atoms. The smallest absolute Gasteiger partial charge is 0.138 e. The SMILES string of the molecule is C[C@@H](NCc1cc(Cl)cc(Cl)c1O)c1cccc(Cl)c1. The first-order valence-electron chi connectivity index (χ1n) is 6.13. The highest BCUT2D eigenvalue weighted by molar-refractivity contribution is 6.35. The standard InChI is InChI=1S/C15H14Cl3NO/c1-9(10-3-2-4-12(16)5-10)19-8-11-6-13(17)7-14(18)15(11)20/h2-7,9,19-20H,8H2,1H3/t9-/m1/s1. The Balaban J connectivity index is 2.09. The molecule has 0 radical (unpaired) electrons. The van der Waals surface area contributed by atoms with Gasteiger partial charge in [0, 0.05) is 28.2 Å². The lowest BCUT2D eigenvalue weighted by Crippen LogP contribution is -2.18. The summed E-state index contributed by atoms with van der Waals surface area (Å²) in [4.78, 5) is 0. The van der Waals surface area contributed by atoms with Gasteiger partial charge in [0.25, 0.3) is 0 Å². The van der Waals surface area contributed by atoms with Gasteiger partial charge < -0.3 is 10.4 Å². The van der Waals surface area contributed by atoms with Gasteiger partial charge in [0.15, 0.2) is 0 Å². The molecule has 106 valence electrons. The molecule has 2 rings (SSSR count). The van der Waals surface area contributed by atoms with Gasteiger partial charge in [-0.05, 0) is 36.8 Å². The predicted octanol–water partition coefficient (Wildman–Crippen LogP) is 5.20. The van der Waals surface area contributed by atoms with Gasteiger partial charge in [0.1, 0.15) is 5.75 Å². The van der Waals surface area contributed by atoms with Crippen LogP contribution in [0.3, 0.4) is 0 Å². The van der Waals surface area contributed by atoms with Gasteiger partial charge in [0.05, 0.1) is 5.02 Å². The van der Waals surface area contributed by atoms with Gasteiger partial charge >= 0.3 is 0 Å². The summed E-state index contributed by atoms with van der Waals surface area (Å²) < 4.78 is 0. The largest absolute Gasteiger partial charge is 0.506 e. The summed E-state index contributed by atoms with van der Waals surface area (Å²) in [6.45, 7) is 2.48. The first kappa shape index (κ1) is 15.5. The van der Waals surface area contributed by atoms with Crippen LogP contribution in [0.4, 0.5) is 0 Å². The third kappa shape index (κ3) is 3.80. The molecule has 2 nitrogen and oxygen atoms in total. The van der Waals surface area contributed by atoms with Crippen LogP contribution in [0.25, 0.3) is 0 Å². The molecule has 5 heteroatoms. The summed E-state index contributed by atoms with van der Waals surface area (Å²) >= 11 is 17.8. The Morgan fingerprint density at radius 2 is 1.85 bits per heavy atom. The van der Waals surface area contributed by atoms with Gasteiger partial charge in [-0.15, -0.1) is 0 Å². The van der Waals surface area contributed by atoms with E-state index in [2.05, 4.69) is 5.32 Å². The van der Waals surface area contributed by atoms with Gasteiger partial charge in [-0.3, -0.25) is 0 Å². The minimum Gasteiger partial charge on any atom is -0.506 e. The summed E-state index contributed by atoms with van der Waals surface area (Å²) in [6, 6.07) is 10.9. The highest BCUT2D eigenvalue weighted by Gasteiger charge is 2.10. The monoisotopic (exact) mass is 329 g/mol. The Morgan fingerprint density at radius 3 is 2.55 bits per heavy atom. The topological polar surface area (TPSA) is 32.3 Å². The lowest BCUT2D eigenvalue weighted by molar-refractivity contribution is 0.460. The summed E-state index contributed by atoms with van der Waals surface area (Å²) in [6.07, 6.45) is 0. The Hall–Kier alpha value is -0.930. The first-order chi connectivity index (χ1) is 9.47. The van der Waals surface area contributed by atoms with Crippen LogP contribution in [0.2, 0.25) is 15.1 Å². The molecular formula is C15H14Cl3NO. The molecule has 0 aliphatic rings. The van der Waals surface area contributed by atoms with E-state index in [1.54, 1.807) is 6.07 Å². The molecule has 0 aromatic heterocycles. The van der Waals surface area contributed by atoms with Gasteiger partial charge in [-0.25, -0.2) is 0 Å². The molecule has 0 saturated carbocycles. The second kappa shape index (κ2) is 6.68. The van der Waals surface area contributed by atoms with Crippen LogP contribution in [0.1, 0.15) is 24.1 Å². The lowest BCUT2D eigenvalue weighted by Gasteiger charge is -2.15. The fraction of sp³-hybridized carbons (Fsp3) is 0.200. The van der Waals surface area contributed by atoms with E-state index in [1.807, 2.05) is 31.2 Å². The summed E-state index contributed by atoms with van der Waals surface area (Å²) in [5.74, 6) is 0.0573. The van der Waals surface area contributed by atoms with E-state index in [0.717, 1.165) is 5.56 Å². The molecule has 2 aromatic carbocycles. The second-order valence-corrected chi connectivity index (χ2v) is 5.83. The molecule has 2 N–H and O–H groups in total. The average Bonchev–Trinajstić information content (AvgIpc) is 2.40. The molecule has 0 amide bonds. The number of nitrogens with one attached hydrogen (secondary N) is 1. The molecule has 1 atom stereocenters. The number of phenolic OH excluding ortho intramolecular Hbond substituents is 1. The second-order valence-electron chi connectivity index (χ2n) is 4.55. The van der Waals surface area contributed by atoms with Crippen molar-refractivity contribution in [2.24, 2.45) is 0 Å². The van der Waals surface area contributed by atoms with E-state index < -0.39 is 0 Å². The predicted molar refractivity (Wildman–Crippen MR) is 84.8 cm³/mol. The number of hydrogen-bond acceptors (Lipinski definition) is 2. The van der Waals surface area contributed by atoms with Crippen molar-refractivity contribution in [1.29, 1.82) is 0 Å². The number of phenols is 1. The van der Waals surface area contributed by atoms with Crippen LogP contribution in [-0.2, 0) is 6.54 Å². The van der Waals surface area contributed by atoms with E-state index >= 15 is 0 Å². The molecular weight excluding hydrogens is 317 g/mol. The first-order valence-corrected chi connectivity index (χ1v) is 7.26. The van der Waals surface area contributed by atoms with Crippen LogP contribution < -0.4 is 5.32 Å². The molecule has 0 saturated heterocycles. The molecule has 2 aromatic rings. The van der Waals surface area contributed by atoms with E-state index in [9.17, 15) is 5.11 Å². The molecule has 0 unspecified atom stereocenters. The van der Waals surface area contributed by atoms with Crippen LogP contribution >= 0.6 is 34.8 Å². The quantitative estimate of drug-likeness (QED) is 0.807. The number of aromatic hydroxyl groups is 1. The maximum Gasteiger partial charge on any atom is 0.138 e. The molecule has 0 fully saturated rings. The van der Waals surface area contributed by atoms with Crippen LogP contribution in [-0.4, -0.2) is 5.11 Å². The number of benzene rings is 2. The third-order valence-electron chi connectivity index (χ3n) is 3.05. The Labute approximate surface area is 133 Å². The normalized spacial score (nSPS) is 12.4. The van der Waals surface area contributed by atoms with E-state index in [4.69, 9.17) is 34.8 Å². The van der Waals surface area contributed by atoms with E-state index in [0.29, 0.717) is 22.2 Å². The zero-order chi connectivity index (χ0) is 14.7. The summed E-state index contributed by atoms with van der Waals surface area (Å²) in [7, 11) is 0. The van der Waals surface area contributed by atoms with Crippen LogP contribution in [0, 0.1) is 0 Å². The average molecular weight is 331 g/mol. The Morgan fingerprint density at radius 1 is 1.10 bits per heavy atom. The maximum atomic E-state index is 9.90. The minimum absolute atomic E-state index is 0.0573. The van der Waals surface area contributed by atoms with Gasteiger partial charge in [-0.2, -0.15) is 0 Å². The number of halogens is 3. The molecule has 20 heavy (non-hydrogen) atoms. The highest BCUT2D eigenvalue weighted by atomic mass is 35.5. The van der Waals surface area contributed by atoms with Gasteiger partial charge in [-0.1, -0.05) is 46.9 Å². The van der Waals surface area contributed by atoms with Crippen molar-refractivity contribution < 1.29 is 5.11 Å². The fourth-order valence-electron chi connectivity index (χ4n) is 1.91. The number of rotatable bonds is 4. The van der Waals surface area contributed by atoms with Crippen molar-refractivity contribution in [2.45, 2.75) is 19.5 Å². The molecule has 0 aliphatic carbocycles. The molecule has 0 spiro atoms. The van der Waals surface area contributed by atoms with E-state index in [1.165, 1.54) is 6.07 Å². The zero-order valence-corrected chi connectivity index (χ0v) is 13.1. The molecule has 0 heterocycles. The number of hydrogen-bond donors (Lipinski definition) is 2. The van der Waals surface area contributed by atoms with Crippen molar-refractivity contribution in [3.8, 4) is 5.75 Å². The summed E-state index contributed by atoms with van der Waals surface area (Å²) in [5.41, 5.74) is 1.74. The van der Waals surface area contributed by atoms with Crippen molar-refractivity contribution in [1.82, 2.24) is 5.32 Å². The van der Waals surface area contributed by atoms with Crippen molar-refractivity contribution in [2.75, 3.05) is 0 Å². The Bertz CT molecular complexity index is 616. The maximum absolute atomic E-state index is 9.90.